The van der Waals surface area contributed by atoms with Gasteiger partial charge in [0, 0.05) is 18.6 Å². The average Bonchev–Trinajstić information content (AvgIpc) is 2.94. The Kier molecular flexibility index (Phi) is 5.51. The SMILES string of the molecule is CCCN(C(CC)(CC)CN)S(=O)(=O)c1ccn[nH]1. The summed E-state index contributed by atoms with van der Waals surface area (Å²) in [4.78, 5) is 0. The molecule has 0 amide bonds. The fourth-order valence-corrected chi connectivity index (χ4v) is 4.22. The summed E-state index contributed by atoms with van der Waals surface area (Å²) in [5.41, 5.74) is 5.35. The molecule has 0 aromatic carbocycles. The molecule has 7 heteroatoms. The topological polar surface area (TPSA) is 92.1 Å². The Morgan fingerprint density at radius 3 is 2.37 bits per heavy atom. The molecule has 1 rings (SSSR count). The van der Waals surface area contributed by atoms with Gasteiger partial charge in [-0.3, -0.25) is 5.10 Å². The molecule has 6 nitrogen and oxygen atoms in total. The molecule has 1 heterocycles. The zero-order chi connectivity index (χ0) is 14.5. The molecule has 3 N–H and O–H groups in total. The lowest BCUT2D eigenvalue weighted by atomic mass is 9.93. The van der Waals surface area contributed by atoms with Gasteiger partial charge in [0.1, 0.15) is 0 Å². The predicted molar refractivity (Wildman–Crippen MR) is 75.1 cm³/mol. The number of aromatic amines is 1. The molecule has 0 bridgehead atoms. The molecule has 19 heavy (non-hydrogen) atoms. The first-order valence-corrected chi connectivity index (χ1v) is 8.14. The van der Waals surface area contributed by atoms with E-state index in [1.54, 1.807) is 0 Å². The smallest absolute Gasteiger partial charge is 0.260 e. The van der Waals surface area contributed by atoms with Crippen molar-refractivity contribution in [1.82, 2.24) is 14.5 Å². The van der Waals surface area contributed by atoms with E-state index in [1.807, 2.05) is 20.8 Å². The van der Waals surface area contributed by atoms with Crippen LogP contribution in [0.1, 0.15) is 40.0 Å². The third kappa shape index (κ3) is 2.98. The third-order valence-corrected chi connectivity index (χ3v) is 5.63. The second-order valence-corrected chi connectivity index (χ2v) is 6.46. The van der Waals surface area contributed by atoms with Crippen molar-refractivity contribution in [2.75, 3.05) is 13.1 Å². The van der Waals surface area contributed by atoms with E-state index in [1.165, 1.54) is 16.6 Å². The number of sulfonamides is 1. The Morgan fingerprint density at radius 2 is 2.00 bits per heavy atom. The van der Waals surface area contributed by atoms with Gasteiger partial charge in [0.25, 0.3) is 10.0 Å². The van der Waals surface area contributed by atoms with Crippen LogP contribution in [0.15, 0.2) is 17.3 Å². The molecule has 0 fully saturated rings. The maximum Gasteiger partial charge on any atom is 0.260 e. The largest absolute Gasteiger partial charge is 0.329 e. The maximum absolute atomic E-state index is 12.7. The lowest BCUT2D eigenvalue weighted by Crippen LogP contribution is -2.55. The first kappa shape index (κ1) is 16.1. The van der Waals surface area contributed by atoms with Gasteiger partial charge in [0.05, 0.1) is 6.20 Å². The summed E-state index contributed by atoms with van der Waals surface area (Å²) in [5, 5.41) is 6.39. The number of aromatic nitrogens is 2. The summed E-state index contributed by atoms with van der Waals surface area (Å²) in [6.07, 6.45) is 3.56. The van der Waals surface area contributed by atoms with E-state index in [0.717, 1.165) is 6.42 Å². The molecule has 0 radical (unpaired) electrons. The van der Waals surface area contributed by atoms with Crippen molar-refractivity contribution < 1.29 is 8.42 Å². The van der Waals surface area contributed by atoms with E-state index in [4.69, 9.17) is 5.73 Å². The Morgan fingerprint density at radius 1 is 1.37 bits per heavy atom. The number of rotatable bonds is 8. The molecule has 0 saturated heterocycles. The standard InChI is InChI=1S/C12H24N4O2S/c1-4-9-16(12(5-2,6-3)10-13)19(17,18)11-7-8-14-15-11/h7-8H,4-6,9-10,13H2,1-3H3,(H,14,15). The minimum Gasteiger partial charge on any atom is -0.329 e. The zero-order valence-corrected chi connectivity index (χ0v) is 12.7. The van der Waals surface area contributed by atoms with E-state index in [0.29, 0.717) is 25.9 Å². The fraction of sp³-hybridized carbons (Fsp3) is 0.750. The van der Waals surface area contributed by atoms with E-state index in [9.17, 15) is 8.42 Å². The van der Waals surface area contributed by atoms with Crippen LogP contribution in [0.3, 0.4) is 0 Å². The monoisotopic (exact) mass is 288 g/mol. The number of hydrogen-bond acceptors (Lipinski definition) is 4. The van der Waals surface area contributed by atoms with E-state index < -0.39 is 15.6 Å². The van der Waals surface area contributed by atoms with Crippen molar-refractivity contribution in [3.63, 3.8) is 0 Å². The second-order valence-electron chi connectivity index (χ2n) is 4.63. The molecule has 0 unspecified atom stereocenters. The van der Waals surface area contributed by atoms with Crippen LogP contribution in [0.2, 0.25) is 0 Å². The van der Waals surface area contributed by atoms with Crippen LogP contribution in [0.25, 0.3) is 0 Å². The van der Waals surface area contributed by atoms with Gasteiger partial charge >= 0.3 is 0 Å². The fourth-order valence-electron chi connectivity index (χ4n) is 2.31. The molecule has 1 aromatic heterocycles. The van der Waals surface area contributed by atoms with Crippen molar-refractivity contribution in [3.8, 4) is 0 Å². The van der Waals surface area contributed by atoms with Crippen molar-refractivity contribution in [3.05, 3.63) is 12.3 Å². The van der Waals surface area contributed by atoms with Crippen molar-refractivity contribution in [2.24, 2.45) is 5.73 Å². The molecule has 0 aliphatic heterocycles. The van der Waals surface area contributed by atoms with E-state index in [2.05, 4.69) is 10.2 Å². The number of H-pyrrole nitrogens is 1. The number of nitrogens with two attached hydrogens (primary N) is 1. The van der Waals surface area contributed by atoms with Gasteiger partial charge in [-0.15, -0.1) is 0 Å². The van der Waals surface area contributed by atoms with Crippen LogP contribution in [0.4, 0.5) is 0 Å². The highest BCUT2D eigenvalue weighted by Crippen LogP contribution is 2.29. The van der Waals surface area contributed by atoms with Crippen LogP contribution < -0.4 is 5.73 Å². The highest BCUT2D eigenvalue weighted by Gasteiger charge is 2.40. The number of nitrogens with one attached hydrogen (secondary N) is 1. The summed E-state index contributed by atoms with van der Waals surface area (Å²) in [6, 6.07) is 1.48. The molecule has 0 saturated carbocycles. The molecule has 1 aromatic rings. The van der Waals surface area contributed by atoms with Gasteiger partial charge in [0.2, 0.25) is 0 Å². The molecular weight excluding hydrogens is 264 g/mol. The first-order valence-electron chi connectivity index (χ1n) is 6.70. The second kappa shape index (κ2) is 6.49. The van der Waals surface area contributed by atoms with E-state index in [-0.39, 0.29) is 5.03 Å². The van der Waals surface area contributed by atoms with Crippen LogP contribution in [-0.2, 0) is 10.0 Å². The third-order valence-electron chi connectivity index (χ3n) is 3.70. The summed E-state index contributed by atoms with van der Waals surface area (Å²) >= 11 is 0. The summed E-state index contributed by atoms with van der Waals surface area (Å²) in [5.74, 6) is 0. The quantitative estimate of drug-likeness (QED) is 0.754. The lowest BCUT2D eigenvalue weighted by Gasteiger charge is -2.40. The van der Waals surface area contributed by atoms with E-state index >= 15 is 0 Å². The minimum absolute atomic E-state index is 0.126. The number of nitrogens with zero attached hydrogens (tertiary/aromatic N) is 2. The van der Waals surface area contributed by atoms with Gasteiger partial charge in [-0.2, -0.15) is 9.40 Å². The summed E-state index contributed by atoms with van der Waals surface area (Å²) in [6.45, 7) is 6.68. The molecule has 0 spiro atoms. The maximum atomic E-state index is 12.7. The van der Waals surface area contributed by atoms with Crippen LogP contribution in [-0.4, -0.2) is 41.5 Å². The molecule has 0 aliphatic rings. The van der Waals surface area contributed by atoms with Gasteiger partial charge in [-0.05, 0) is 25.3 Å². The highest BCUT2D eigenvalue weighted by molar-refractivity contribution is 7.89. The van der Waals surface area contributed by atoms with Crippen LogP contribution >= 0.6 is 0 Å². The summed E-state index contributed by atoms with van der Waals surface area (Å²) < 4.78 is 26.9. The average molecular weight is 288 g/mol. The Balaban J connectivity index is 3.27. The van der Waals surface area contributed by atoms with Crippen molar-refractivity contribution in [2.45, 2.75) is 50.6 Å². The van der Waals surface area contributed by atoms with Gasteiger partial charge < -0.3 is 5.73 Å². The normalized spacial score (nSPS) is 13.1. The molecule has 0 aliphatic carbocycles. The number of hydrogen-bond donors (Lipinski definition) is 2. The van der Waals surface area contributed by atoms with Crippen molar-refractivity contribution >= 4 is 10.0 Å². The van der Waals surface area contributed by atoms with Crippen molar-refractivity contribution in [1.29, 1.82) is 0 Å². The molecular formula is C12H24N4O2S. The van der Waals surface area contributed by atoms with Gasteiger partial charge in [-0.1, -0.05) is 20.8 Å². The Bertz CT molecular complexity index is 458. The van der Waals surface area contributed by atoms with Gasteiger partial charge in [-0.25, -0.2) is 8.42 Å². The Hall–Kier alpha value is -0.920. The minimum atomic E-state index is -3.58. The first-order chi connectivity index (χ1) is 8.98. The van der Waals surface area contributed by atoms with Gasteiger partial charge in [0.15, 0.2) is 5.03 Å². The summed E-state index contributed by atoms with van der Waals surface area (Å²) in [7, 11) is -3.58. The zero-order valence-electron chi connectivity index (χ0n) is 11.9. The Labute approximate surface area is 115 Å². The highest BCUT2D eigenvalue weighted by atomic mass is 32.2. The lowest BCUT2D eigenvalue weighted by molar-refractivity contribution is 0.177. The predicted octanol–water partition coefficient (Wildman–Crippen LogP) is 1.33. The van der Waals surface area contributed by atoms with Crippen LogP contribution in [0, 0.1) is 0 Å². The molecule has 0 atom stereocenters. The van der Waals surface area contributed by atoms with Crippen LogP contribution in [0.5, 0.6) is 0 Å². The molecule has 110 valence electrons.